The molecule has 27 heavy (non-hydrogen) atoms. The van der Waals surface area contributed by atoms with Gasteiger partial charge in [0.2, 0.25) is 11.8 Å². The van der Waals surface area contributed by atoms with Gasteiger partial charge in [-0.3, -0.25) is 9.59 Å². The molecule has 9 heteroatoms. The largest absolute Gasteiger partial charge is 0.371 e. The summed E-state index contributed by atoms with van der Waals surface area (Å²) in [6.07, 6.45) is 0. The molecular formula is C18H25ClN6O2. The third-order valence-corrected chi connectivity index (χ3v) is 4.28. The molecule has 1 aromatic carbocycles. The van der Waals surface area contributed by atoms with E-state index < -0.39 is 0 Å². The van der Waals surface area contributed by atoms with Crippen LogP contribution in [0.3, 0.4) is 0 Å². The van der Waals surface area contributed by atoms with Gasteiger partial charge in [-0.2, -0.15) is 0 Å². The number of carbonyl (C=O) groups excluding carboxylic acids is 2. The van der Waals surface area contributed by atoms with Crippen LogP contribution in [0.5, 0.6) is 0 Å². The highest BCUT2D eigenvalue weighted by molar-refractivity contribution is 6.32. The first-order chi connectivity index (χ1) is 12.8. The van der Waals surface area contributed by atoms with E-state index in [1.54, 1.807) is 0 Å². The van der Waals surface area contributed by atoms with Gasteiger partial charge in [-0.15, -0.1) is 0 Å². The Morgan fingerprint density at radius 2 is 1.59 bits per heavy atom. The van der Waals surface area contributed by atoms with Crippen LogP contribution in [0.2, 0.25) is 5.15 Å². The van der Waals surface area contributed by atoms with Gasteiger partial charge in [-0.25, -0.2) is 9.97 Å². The molecule has 0 bridgehead atoms. The summed E-state index contributed by atoms with van der Waals surface area (Å²) >= 11 is 6.38. The second kappa shape index (κ2) is 9.36. The van der Waals surface area contributed by atoms with Crippen LogP contribution in [0.1, 0.15) is 13.8 Å². The molecule has 1 aromatic heterocycles. The first kappa shape index (κ1) is 20.7. The lowest BCUT2D eigenvalue weighted by molar-refractivity contribution is -0.119. The molecule has 146 valence electrons. The van der Waals surface area contributed by atoms with E-state index in [2.05, 4.69) is 20.6 Å². The molecular weight excluding hydrogens is 368 g/mol. The van der Waals surface area contributed by atoms with Crippen LogP contribution in [0.4, 0.5) is 11.5 Å². The van der Waals surface area contributed by atoms with Crippen LogP contribution >= 0.6 is 11.6 Å². The zero-order chi connectivity index (χ0) is 20.0. The summed E-state index contributed by atoms with van der Waals surface area (Å²) in [4.78, 5) is 35.1. The highest BCUT2D eigenvalue weighted by atomic mass is 35.5. The summed E-state index contributed by atoms with van der Waals surface area (Å²) in [5, 5.41) is 5.83. The van der Waals surface area contributed by atoms with Gasteiger partial charge in [0.1, 0.15) is 5.52 Å². The Balaban J connectivity index is 2.22. The lowest BCUT2D eigenvalue weighted by Crippen LogP contribution is -2.32. The Labute approximate surface area is 163 Å². The zero-order valence-corrected chi connectivity index (χ0v) is 16.8. The topological polar surface area (TPSA) is 90.5 Å². The van der Waals surface area contributed by atoms with Gasteiger partial charge >= 0.3 is 0 Å². The molecule has 0 aliphatic rings. The quantitative estimate of drug-likeness (QED) is 0.706. The van der Waals surface area contributed by atoms with Gasteiger partial charge in [0.05, 0.1) is 11.2 Å². The zero-order valence-electron chi connectivity index (χ0n) is 16.0. The molecule has 2 aromatic rings. The molecule has 2 amide bonds. The number of amides is 2. The first-order valence-electron chi connectivity index (χ1n) is 8.67. The van der Waals surface area contributed by atoms with Crippen molar-refractivity contribution < 1.29 is 9.59 Å². The van der Waals surface area contributed by atoms with Crippen LogP contribution in [0, 0.1) is 0 Å². The van der Waals surface area contributed by atoms with E-state index in [1.807, 2.05) is 42.1 Å². The number of para-hydroxylation sites is 1. The molecule has 2 N–H and O–H groups in total. The predicted molar refractivity (Wildman–Crippen MR) is 108 cm³/mol. The minimum absolute atomic E-state index is 0.0592. The summed E-state index contributed by atoms with van der Waals surface area (Å²) < 4.78 is 0. The number of hydrogen-bond donors (Lipinski definition) is 2. The second-order valence-corrected chi connectivity index (χ2v) is 6.65. The summed E-state index contributed by atoms with van der Waals surface area (Å²) in [6, 6.07) is 5.74. The Morgan fingerprint density at radius 3 is 2.19 bits per heavy atom. The van der Waals surface area contributed by atoms with Crippen molar-refractivity contribution in [3.05, 3.63) is 23.4 Å². The average Bonchev–Trinajstić information content (AvgIpc) is 2.59. The number of fused-ring (bicyclic) bond motifs is 1. The van der Waals surface area contributed by atoms with E-state index >= 15 is 0 Å². The lowest BCUT2D eigenvalue weighted by atomic mass is 10.2. The minimum Gasteiger partial charge on any atom is -0.371 e. The maximum atomic E-state index is 11.0. The smallest absolute Gasteiger partial charge is 0.216 e. The van der Waals surface area contributed by atoms with Crippen molar-refractivity contribution in [2.75, 3.05) is 50.1 Å². The van der Waals surface area contributed by atoms with Crippen LogP contribution in [-0.2, 0) is 9.59 Å². The molecule has 2 rings (SSSR count). The van der Waals surface area contributed by atoms with Crippen molar-refractivity contribution >= 4 is 46.0 Å². The number of anilines is 2. The Hall–Kier alpha value is -2.61. The monoisotopic (exact) mass is 392 g/mol. The average molecular weight is 393 g/mol. The molecule has 0 spiro atoms. The lowest BCUT2D eigenvalue weighted by Gasteiger charge is -2.22. The fraction of sp³-hybridized carbons (Fsp3) is 0.444. The van der Waals surface area contributed by atoms with Gasteiger partial charge in [0, 0.05) is 54.1 Å². The number of benzene rings is 1. The van der Waals surface area contributed by atoms with Crippen molar-refractivity contribution in [1.29, 1.82) is 0 Å². The third kappa shape index (κ3) is 5.68. The maximum Gasteiger partial charge on any atom is 0.216 e. The molecule has 0 unspecified atom stereocenters. The third-order valence-electron chi connectivity index (χ3n) is 4.03. The molecule has 0 atom stereocenters. The van der Waals surface area contributed by atoms with E-state index in [0.29, 0.717) is 42.7 Å². The van der Waals surface area contributed by atoms with Gasteiger partial charge in [-0.1, -0.05) is 17.7 Å². The van der Waals surface area contributed by atoms with E-state index in [0.717, 1.165) is 11.2 Å². The molecule has 0 radical (unpaired) electrons. The standard InChI is InChI=1S/C18H25ClN6O2/c1-12(26)20-8-10-24(3)15-7-5-6-14-16(15)23-17(19)18(22-14)25(4)11-9-21-13(2)27/h5-7H,8-11H2,1-4H3,(H,20,26)(H,21,27). The van der Waals surface area contributed by atoms with Crippen molar-refractivity contribution in [3.63, 3.8) is 0 Å². The number of hydrogen-bond acceptors (Lipinski definition) is 6. The normalized spacial score (nSPS) is 10.6. The number of aromatic nitrogens is 2. The fourth-order valence-electron chi connectivity index (χ4n) is 2.61. The number of halogens is 1. The number of rotatable bonds is 8. The van der Waals surface area contributed by atoms with E-state index in [1.165, 1.54) is 13.8 Å². The number of nitrogens with zero attached hydrogens (tertiary/aromatic N) is 4. The maximum absolute atomic E-state index is 11.0. The number of likely N-dealkylation sites (N-methyl/N-ethyl adjacent to an activating group) is 2. The summed E-state index contributed by atoms with van der Waals surface area (Å²) in [5.74, 6) is 0.426. The van der Waals surface area contributed by atoms with Crippen molar-refractivity contribution in [2.24, 2.45) is 0 Å². The van der Waals surface area contributed by atoms with Crippen molar-refractivity contribution in [3.8, 4) is 0 Å². The molecule has 0 saturated carbocycles. The molecule has 0 saturated heterocycles. The SMILES string of the molecule is CC(=O)NCCN(C)c1nc2cccc(N(C)CCNC(C)=O)c2nc1Cl. The van der Waals surface area contributed by atoms with Crippen LogP contribution < -0.4 is 20.4 Å². The summed E-state index contributed by atoms with van der Waals surface area (Å²) in [5.41, 5.74) is 2.32. The van der Waals surface area contributed by atoms with E-state index in [-0.39, 0.29) is 11.8 Å². The predicted octanol–water partition coefficient (Wildman–Crippen LogP) is 1.43. The van der Waals surface area contributed by atoms with Crippen LogP contribution in [-0.4, -0.2) is 62.1 Å². The van der Waals surface area contributed by atoms with Crippen molar-refractivity contribution in [1.82, 2.24) is 20.6 Å². The van der Waals surface area contributed by atoms with Gasteiger partial charge in [0.15, 0.2) is 11.0 Å². The molecule has 8 nitrogen and oxygen atoms in total. The van der Waals surface area contributed by atoms with Gasteiger partial charge in [-0.05, 0) is 12.1 Å². The molecule has 0 aliphatic heterocycles. The van der Waals surface area contributed by atoms with E-state index in [9.17, 15) is 9.59 Å². The van der Waals surface area contributed by atoms with Crippen LogP contribution in [0.15, 0.2) is 18.2 Å². The Morgan fingerprint density at radius 1 is 1.00 bits per heavy atom. The summed E-state index contributed by atoms with van der Waals surface area (Å²) in [6.45, 7) is 5.20. The van der Waals surface area contributed by atoms with Gasteiger partial charge in [0.25, 0.3) is 0 Å². The van der Waals surface area contributed by atoms with E-state index in [4.69, 9.17) is 11.6 Å². The Bertz CT molecular complexity index is 829. The highest BCUT2D eigenvalue weighted by Crippen LogP contribution is 2.29. The number of carbonyl (C=O) groups is 2. The molecule has 0 fully saturated rings. The highest BCUT2D eigenvalue weighted by Gasteiger charge is 2.15. The minimum atomic E-state index is -0.0777. The summed E-state index contributed by atoms with van der Waals surface area (Å²) in [7, 11) is 3.78. The van der Waals surface area contributed by atoms with Crippen LogP contribution in [0.25, 0.3) is 11.0 Å². The number of nitrogens with one attached hydrogen (secondary N) is 2. The Kier molecular flexibility index (Phi) is 7.18. The van der Waals surface area contributed by atoms with Crippen molar-refractivity contribution in [2.45, 2.75) is 13.8 Å². The molecule has 1 heterocycles. The molecule has 0 aliphatic carbocycles. The fourth-order valence-corrected chi connectivity index (χ4v) is 2.88. The first-order valence-corrected chi connectivity index (χ1v) is 9.04. The second-order valence-electron chi connectivity index (χ2n) is 6.29. The van der Waals surface area contributed by atoms with Gasteiger partial charge < -0.3 is 20.4 Å².